The monoisotopic (exact) mass is 322 g/mol. The first-order valence-corrected chi connectivity index (χ1v) is 9.06. The Morgan fingerprint density at radius 1 is 0.750 bits per heavy atom. The van der Waals surface area contributed by atoms with Crippen LogP contribution in [0.15, 0.2) is 42.2 Å². The van der Waals surface area contributed by atoms with Gasteiger partial charge in [-0.05, 0) is 59.1 Å². The van der Waals surface area contributed by atoms with Crippen molar-refractivity contribution >= 4 is 5.57 Å². The first kappa shape index (κ1) is 18.1. The van der Waals surface area contributed by atoms with E-state index in [2.05, 4.69) is 45.9 Å². The Labute approximate surface area is 146 Å². The summed E-state index contributed by atoms with van der Waals surface area (Å²) in [7, 11) is 0. The van der Waals surface area contributed by atoms with E-state index < -0.39 is 0 Å². The fourth-order valence-corrected chi connectivity index (χ4v) is 3.78. The number of hydrogen-bond donors (Lipinski definition) is 2. The summed E-state index contributed by atoms with van der Waals surface area (Å²) in [5, 5.41) is 0. The molecular formula is C22H30N2. The maximum Gasteiger partial charge on any atom is 0.102 e. The van der Waals surface area contributed by atoms with Gasteiger partial charge < -0.3 is 11.5 Å². The lowest BCUT2D eigenvalue weighted by Crippen LogP contribution is -2.15. The molecule has 0 aliphatic rings. The molecule has 0 bridgehead atoms. The topological polar surface area (TPSA) is 52.0 Å². The average molecular weight is 322 g/mol. The third-order valence-corrected chi connectivity index (χ3v) is 4.82. The molecule has 0 fully saturated rings. The molecule has 0 amide bonds. The van der Waals surface area contributed by atoms with Crippen molar-refractivity contribution in [3.63, 3.8) is 0 Å². The summed E-state index contributed by atoms with van der Waals surface area (Å²) < 4.78 is 0. The number of aryl methyl sites for hydroxylation is 1. The van der Waals surface area contributed by atoms with Gasteiger partial charge in [0.05, 0.1) is 0 Å². The third-order valence-electron chi connectivity index (χ3n) is 4.82. The van der Waals surface area contributed by atoms with Gasteiger partial charge in [-0.2, -0.15) is 0 Å². The van der Waals surface area contributed by atoms with Crippen LogP contribution in [-0.2, 0) is 25.7 Å². The van der Waals surface area contributed by atoms with E-state index >= 15 is 0 Å². The van der Waals surface area contributed by atoms with E-state index in [9.17, 15) is 0 Å². The van der Waals surface area contributed by atoms with Crippen molar-refractivity contribution in [1.29, 1.82) is 0 Å². The average Bonchev–Trinajstić information content (AvgIpc) is 2.61. The van der Waals surface area contributed by atoms with E-state index in [0.29, 0.717) is 5.82 Å². The fraction of sp³-hybridized carbons (Fsp3) is 0.364. The second kappa shape index (κ2) is 8.05. The summed E-state index contributed by atoms with van der Waals surface area (Å²) >= 11 is 0. The van der Waals surface area contributed by atoms with Crippen LogP contribution in [0, 0.1) is 0 Å². The minimum Gasteiger partial charge on any atom is -0.385 e. The maximum atomic E-state index is 6.14. The van der Waals surface area contributed by atoms with Crippen molar-refractivity contribution in [2.45, 2.75) is 53.4 Å². The highest BCUT2D eigenvalue weighted by atomic mass is 14.8. The zero-order valence-electron chi connectivity index (χ0n) is 15.4. The van der Waals surface area contributed by atoms with E-state index in [4.69, 9.17) is 11.5 Å². The predicted molar refractivity (Wildman–Crippen MR) is 105 cm³/mol. The van der Waals surface area contributed by atoms with Gasteiger partial charge >= 0.3 is 0 Å². The molecule has 2 aromatic carbocycles. The van der Waals surface area contributed by atoms with E-state index in [-0.39, 0.29) is 0 Å². The molecule has 24 heavy (non-hydrogen) atoms. The minimum atomic E-state index is 0.393. The molecule has 0 aromatic heterocycles. The Hall–Kier alpha value is -2.22. The number of benzene rings is 2. The van der Waals surface area contributed by atoms with E-state index in [0.717, 1.165) is 36.8 Å². The molecule has 2 nitrogen and oxygen atoms in total. The second-order valence-corrected chi connectivity index (χ2v) is 6.13. The van der Waals surface area contributed by atoms with E-state index in [1.54, 1.807) is 0 Å². The summed E-state index contributed by atoms with van der Waals surface area (Å²) in [6, 6.07) is 12.6. The molecule has 2 rings (SSSR count). The van der Waals surface area contributed by atoms with E-state index in [1.807, 2.05) is 18.2 Å². The largest absolute Gasteiger partial charge is 0.385 e. The lowest BCUT2D eigenvalue weighted by molar-refractivity contribution is 0.939. The Morgan fingerprint density at radius 3 is 1.79 bits per heavy atom. The standard InChI is InChI=1S/C22H30N2/c1-5-15-14-20(19(8-4)18(7-3)17(15)6-2)21(22(23)24)16-12-10-9-11-13-16/h9-14H,5-8,23-24H2,1-4H3. The predicted octanol–water partition coefficient (Wildman–Crippen LogP) is 4.57. The molecule has 0 radical (unpaired) electrons. The highest BCUT2D eigenvalue weighted by Crippen LogP contribution is 2.33. The Morgan fingerprint density at radius 2 is 1.33 bits per heavy atom. The molecule has 0 aliphatic carbocycles. The Balaban J connectivity index is 2.84. The summed E-state index contributed by atoms with van der Waals surface area (Å²) in [4.78, 5) is 0. The SMILES string of the molecule is CCc1cc(C(=C(N)N)c2ccccc2)c(CC)c(CC)c1CC. The van der Waals surface area contributed by atoms with Crippen molar-refractivity contribution in [2.75, 3.05) is 0 Å². The van der Waals surface area contributed by atoms with Gasteiger partial charge in [0.25, 0.3) is 0 Å². The summed E-state index contributed by atoms with van der Waals surface area (Å²) in [6.45, 7) is 8.94. The summed E-state index contributed by atoms with van der Waals surface area (Å²) in [6.07, 6.45) is 4.13. The van der Waals surface area contributed by atoms with Gasteiger partial charge in [-0.1, -0.05) is 64.1 Å². The van der Waals surface area contributed by atoms with Crippen LogP contribution < -0.4 is 11.5 Å². The van der Waals surface area contributed by atoms with Gasteiger partial charge in [0.2, 0.25) is 0 Å². The van der Waals surface area contributed by atoms with Crippen molar-refractivity contribution in [1.82, 2.24) is 0 Å². The molecule has 0 atom stereocenters. The van der Waals surface area contributed by atoms with Crippen LogP contribution >= 0.6 is 0 Å². The number of rotatable bonds is 6. The van der Waals surface area contributed by atoms with Gasteiger partial charge in [0.15, 0.2) is 0 Å². The molecular weight excluding hydrogens is 292 g/mol. The molecule has 128 valence electrons. The van der Waals surface area contributed by atoms with Gasteiger partial charge in [0.1, 0.15) is 5.82 Å². The van der Waals surface area contributed by atoms with Crippen molar-refractivity contribution in [2.24, 2.45) is 11.5 Å². The smallest absolute Gasteiger partial charge is 0.102 e. The molecule has 0 aliphatic heterocycles. The van der Waals surface area contributed by atoms with Crippen molar-refractivity contribution in [3.05, 3.63) is 75.6 Å². The molecule has 0 heterocycles. The van der Waals surface area contributed by atoms with Gasteiger partial charge in [-0.25, -0.2) is 0 Å². The lowest BCUT2D eigenvalue weighted by Gasteiger charge is -2.22. The first-order chi connectivity index (χ1) is 11.6. The molecule has 0 unspecified atom stereocenters. The number of hydrogen-bond acceptors (Lipinski definition) is 2. The van der Waals surface area contributed by atoms with Crippen LogP contribution in [-0.4, -0.2) is 0 Å². The van der Waals surface area contributed by atoms with Crippen molar-refractivity contribution < 1.29 is 0 Å². The molecule has 2 heteroatoms. The quantitative estimate of drug-likeness (QED) is 0.818. The van der Waals surface area contributed by atoms with E-state index in [1.165, 1.54) is 27.8 Å². The minimum absolute atomic E-state index is 0.393. The van der Waals surface area contributed by atoms with Crippen LogP contribution in [0.1, 0.15) is 61.1 Å². The molecule has 0 spiro atoms. The fourth-order valence-electron chi connectivity index (χ4n) is 3.78. The summed E-state index contributed by atoms with van der Waals surface area (Å²) in [5.74, 6) is 0.393. The maximum absolute atomic E-state index is 6.14. The third kappa shape index (κ3) is 3.33. The van der Waals surface area contributed by atoms with Crippen LogP contribution in [0.25, 0.3) is 5.57 Å². The van der Waals surface area contributed by atoms with Gasteiger partial charge in [-0.3, -0.25) is 0 Å². The zero-order valence-corrected chi connectivity index (χ0v) is 15.4. The van der Waals surface area contributed by atoms with Crippen molar-refractivity contribution in [3.8, 4) is 0 Å². The Kier molecular flexibility index (Phi) is 6.08. The van der Waals surface area contributed by atoms with Crippen LogP contribution in [0.4, 0.5) is 0 Å². The lowest BCUT2D eigenvalue weighted by atomic mass is 9.83. The van der Waals surface area contributed by atoms with Crippen LogP contribution in [0.3, 0.4) is 0 Å². The van der Waals surface area contributed by atoms with Crippen LogP contribution in [0.2, 0.25) is 0 Å². The van der Waals surface area contributed by atoms with Gasteiger partial charge in [0, 0.05) is 5.57 Å². The highest BCUT2D eigenvalue weighted by molar-refractivity contribution is 5.84. The second-order valence-electron chi connectivity index (χ2n) is 6.13. The van der Waals surface area contributed by atoms with Crippen LogP contribution in [0.5, 0.6) is 0 Å². The first-order valence-electron chi connectivity index (χ1n) is 9.06. The summed E-state index contributed by atoms with van der Waals surface area (Å²) in [5.41, 5.74) is 21.3. The van der Waals surface area contributed by atoms with Gasteiger partial charge in [-0.15, -0.1) is 0 Å². The highest BCUT2D eigenvalue weighted by Gasteiger charge is 2.19. The number of nitrogens with two attached hydrogens (primary N) is 2. The Bertz CT molecular complexity index is 723. The molecule has 4 N–H and O–H groups in total. The zero-order chi connectivity index (χ0) is 17.7. The molecule has 0 saturated carbocycles. The normalized spacial score (nSPS) is 10.7. The molecule has 0 saturated heterocycles. The molecule has 2 aromatic rings.